The summed E-state index contributed by atoms with van der Waals surface area (Å²) in [4.78, 5) is 35.8. The fraction of sp³-hybridized carbons (Fsp3) is 0.250. The zero-order valence-electron chi connectivity index (χ0n) is 10.5. The van der Waals surface area contributed by atoms with Crippen molar-refractivity contribution in [2.45, 2.75) is 0 Å². The molecule has 7 nitrogen and oxygen atoms in total. The van der Waals surface area contributed by atoms with Crippen LogP contribution < -0.4 is 4.90 Å². The van der Waals surface area contributed by atoms with Crippen LogP contribution in [0.25, 0.3) is 0 Å². The fourth-order valence-electron chi connectivity index (χ4n) is 1.71. The van der Waals surface area contributed by atoms with Crippen LogP contribution in [0.1, 0.15) is 10.4 Å². The number of carbonyl (C=O) groups is 3. The predicted octanol–water partition coefficient (Wildman–Crippen LogP) is 0.397. The van der Waals surface area contributed by atoms with E-state index in [2.05, 4.69) is 0 Å². The third kappa shape index (κ3) is 2.69. The molecule has 8 heteroatoms. The van der Waals surface area contributed by atoms with Gasteiger partial charge in [0.05, 0.1) is 17.0 Å². The molecule has 1 aliphatic heterocycles. The first-order valence-corrected chi connectivity index (χ1v) is 7.69. The highest BCUT2D eigenvalue weighted by Gasteiger charge is 2.40. The van der Waals surface area contributed by atoms with Crippen LogP contribution in [0.2, 0.25) is 0 Å². The molecule has 0 atom stereocenters. The molecule has 0 radical (unpaired) electrons. The summed E-state index contributed by atoms with van der Waals surface area (Å²) in [6.45, 7) is -0.377. The van der Waals surface area contributed by atoms with E-state index in [9.17, 15) is 22.8 Å². The number of imide groups is 1. The molecule has 0 fully saturated rings. The number of amides is 2. The Morgan fingerprint density at radius 1 is 1.25 bits per heavy atom. The van der Waals surface area contributed by atoms with Crippen molar-refractivity contribution in [3.63, 3.8) is 0 Å². The van der Waals surface area contributed by atoms with Crippen LogP contribution in [0.5, 0.6) is 0 Å². The van der Waals surface area contributed by atoms with E-state index in [0.29, 0.717) is 4.90 Å². The number of Topliss-reactive ketones (excluding diaryl/α,β-unsaturated/α-hetero) is 1. The maximum atomic E-state index is 11.8. The minimum Gasteiger partial charge on any atom is -0.448 e. The molecule has 0 bridgehead atoms. The van der Waals surface area contributed by atoms with Gasteiger partial charge in [-0.25, -0.2) is 18.1 Å². The van der Waals surface area contributed by atoms with Crippen molar-refractivity contribution in [3.8, 4) is 0 Å². The summed E-state index contributed by atoms with van der Waals surface area (Å²) in [5.41, 5.74) is 0.268. The monoisotopic (exact) mass is 297 g/mol. The molecule has 0 N–H and O–H groups in total. The molecule has 0 aromatic heterocycles. The molecule has 0 spiro atoms. The highest BCUT2D eigenvalue weighted by atomic mass is 32.2. The van der Waals surface area contributed by atoms with Gasteiger partial charge in [-0.1, -0.05) is 12.1 Å². The summed E-state index contributed by atoms with van der Waals surface area (Å²) in [5.74, 6) is -2.15. The Balaban J connectivity index is 2.15. The summed E-state index contributed by atoms with van der Waals surface area (Å²) >= 11 is 0. The number of hydrogen-bond acceptors (Lipinski definition) is 6. The van der Waals surface area contributed by atoms with E-state index in [1.807, 2.05) is 0 Å². The summed E-state index contributed by atoms with van der Waals surface area (Å²) in [6, 6.07) is 6.01. The number of anilines is 1. The van der Waals surface area contributed by atoms with Crippen LogP contribution in [0.4, 0.5) is 10.5 Å². The number of rotatable bonds is 3. The Labute approximate surface area is 115 Å². The van der Waals surface area contributed by atoms with Crippen LogP contribution in [-0.2, 0) is 19.4 Å². The second-order valence-corrected chi connectivity index (χ2v) is 6.49. The Bertz CT molecular complexity index is 694. The molecular formula is C12H11NO6S. The number of benzene rings is 1. The number of nitrogens with zero attached hydrogens (tertiary/aromatic N) is 1. The van der Waals surface area contributed by atoms with Crippen molar-refractivity contribution < 1.29 is 27.5 Å². The molecule has 106 valence electrons. The number of para-hydroxylation sites is 1. The first-order valence-electron chi connectivity index (χ1n) is 5.63. The molecule has 1 aliphatic rings. The lowest BCUT2D eigenvalue weighted by molar-refractivity contribution is -0.113. The van der Waals surface area contributed by atoms with E-state index >= 15 is 0 Å². The highest BCUT2D eigenvalue weighted by Crippen LogP contribution is 2.28. The molecule has 0 unspecified atom stereocenters. The lowest BCUT2D eigenvalue weighted by atomic mass is 10.1. The average molecular weight is 297 g/mol. The molecule has 0 saturated heterocycles. The predicted molar refractivity (Wildman–Crippen MR) is 69.3 cm³/mol. The number of ketones is 1. The Morgan fingerprint density at radius 2 is 1.90 bits per heavy atom. The van der Waals surface area contributed by atoms with Crippen LogP contribution in [0.3, 0.4) is 0 Å². The van der Waals surface area contributed by atoms with Crippen molar-refractivity contribution in [2.24, 2.45) is 0 Å². The average Bonchev–Trinajstić information content (AvgIpc) is 2.61. The van der Waals surface area contributed by atoms with Crippen molar-refractivity contribution in [3.05, 3.63) is 29.8 Å². The Morgan fingerprint density at radius 3 is 2.55 bits per heavy atom. The topological polar surface area (TPSA) is 97.8 Å². The van der Waals surface area contributed by atoms with Gasteiger partial charge in [-0.15, -0.1) is 0 Å². The molecule has 1 heterocycles. The SMILES string of the molecule is CS(=O)(=O)CCOC(=O)N1C(=O)C(=O)c2ccccc21. The first-order chi connectivity index (χ1) is 9.31. The molecule has 0 aliphatic carbocycles. The Hall–Kier alpha value is -2.22. The minimum atomic E-state index is -3.28. The minimum absolute atomic E-state index is 0.123. The normalized spacial score (nSPS) is 14.3. The van der Waals surface area contributed by atoms with E-state index in [0.717, 1.165) is 6.26 Å². The van der Waals surface area contributed by atoms with E-state index < -0.39 is 27.6 Å². The van der Waals surface area contributed by atoms with Gasteiger partial charge in [-0.05, 0) is 12.1 Å². The van der Waals surface area contributed by atoms with Gasteiger partial charge in [0.15, 0.2) is 9.84 Å². The third-order valence-electron chi connectivity index (χ3n) is 2.65. The summed E-state index contributed by atoms with van der Waals surface area (Å²) in [5, 5.41) is 0. The fourth-order valence-corrected chi connectivity index (χ4v) is 2.10. The third-order valence-corrected chi connectivity index (χ3v) is 3.56. The van der Waals surface area contributed by atoms with Gasteiger partial charge in [0.25, 0.3) is 5.78 Å². The lowest BCUT2D eigenvalue weighted by Crippen LogP contribution is -2.37. The van der Waals surface area contributed by atoms with Gasteiger partial charge in [-0.2, -0.15) is 0 Å². The quantitative estimate of drug-likeness (QED) is 0.749. The van der Waals surface area contributed by atoms with Crippen LogP contribution >= 0.6 is 0 Å². The number of hydrogen-bond donors (Lipinski definition) is 0. The maximum absolute atomic E-state index is 11.8. The molecule has 2 rings (SSSR count). The molecule has 2 amide bonds. The van der Waals surface area contributed by atoms with Gasteiger partial charge in [0.1, 0.15) is 6.61 Å². The highest BCUT2D eigenvalue weighted by molar-refractivity contribution is 7.90. The van der Waals surface area contributed by atoms with Crippen LogP contribution in [0.15, 0.2) is 24.3 Å². The summed E-state index contributed by atoms with van der Waals surface area (Å²) < 4.78 is 26.6. The van der Waals surface area contributed by atoms with E-state index in [1.54, 1.807) is 12.1 Å². The van der Waals surface area contributed by atoms with E-state index in [4.69, 9.17) is 4.74 Å². The molecule has 1 aromatic carbocycles. The second-order valence-electron chi connectivity index (χ2n) is 4.23. The second kappa shape index (κ2) is 5.04. The van der Waals surface area contributed by atoms with Gasteiger partial charge in [0.2, 0.25) is 0 Å². The molecule has 20 heavy (non-hydrogen) atoms. The van der Waals surface area contributed by atoms with Gasteiger partial charge >= 0.3 is 12.0 Å². The molecule has 1 aromatic rings. The van der Waals surface area contributed by atoms with Gasteiger partial charge in [-0.3, -0.25) is 9.59 Å². The van der Waals surface area contributed by atoms with E-state index in [-0.39, 0.29) is 23.6 Å². The zero-order chi connectivity index (χ0) is 14.9. The number of sulfone groups is 1. The maximum Gasteiger partial charge on any atom is 0.421 e. The van der Waals surface area contributed by atoms with Crippen LogP contribution in [0, 0.1) is 0 Å². The van der Waals surface area contributed by atoms with Gasteiger partial charge in [0, 0.05) is 6.26 Å². The summed E-state index contributed by atoms with van der Waals surface area (Å²) in [6.07, 6.45) is -0.0577. The lowest BCUT2D eigenvalue weighted by Gasteiger charge is -2.14. The number of fused-ring (bicyclic) bond motifs is 1. The number of carbonyl (C=O) groups excluding carboxylic acids is 3. The van der Waals surface area contributed by atoms with E-state index in [1.165, 1.54) is 12.1 Å². The van der Waals surface area contributed by atoms with Gasteiger partial charge < -0.3 is 4.74 Å². The van der Waals surface area contributed by atoms with Crippen LogP contribution in [-0.4, -0.2) is 44.8 Å². The molecule has 0 saturated carbocycles. The van der Waals surface area contributed by atoms with Crippen molar-refractivity contribution in [2.75, 3.05) is 23.5 Å². The smallest absolute Gasteiger partial charge is 0.421 e. The van der Waals surface area contributed by atoms with Crippen molar-refractivity contribution in [1.82, 2.24) is 0 Å². The largest absolute Gasteiger partial charge is 0.448 e. The standard InChI is InChI=1S/C12H11NO6S/c1-20(17,18)7-6-19-12(16)13-9-5-3-2-4-8(9)10(14)11(13)15/h2-5H,6-7H2,1H3. The molecular weight excluding hydrogens is 286 g/mol. The van der Waals surface area contributed by atoms with Crippen molar-refractivity contribution in [1.29, 1.82) is 0 Å². The van der Waals surface area contributed by atoms with Crippen molar-refractivity contribution >= 4 is 33.3 Å². The Kier molecular flexibility index (Phi) is 3.58. The summed E-state index contributed by atoms with van der Waals surface area (Å²) in [7, 11) is -3.28. The first kappa shape index (κ1) is 14.2. The zero-order valence-corrected chi connectivity index (χ0v) is 11.3. The number of ether oxygens (including phenoxy) is 1.